The van der Waals surface area contributed by atoms with Crippen LogP contribution in [0.1, 0.15) is 17.3 Å². The van der Waals surface area contributed by atoms with E-state index in [0.717, 1.165) is 5.56 Å². The number of hydrogen-bond donors (Lipinski definition) is 0. The highest BCUT2D eigenvalue weighted by Gasteiger charge is 2.15. The summed E-state index contributed by atoms with van der Waals surface area (Å²) in [4.78, 5) is 12.2. The quantitative estimate of drug-likeness (QED) is 0.438. The molecule has 0 amide bonds. The number of thioether (sulfide) groups is 1. The molecule has 7 heteroatoms. The number of nitrogens with zero attached hydrogens (tertiary/aromatic N) is 2. The lowest BCUT2D eigenvalue weighted by Crippen LogP contribution is -2.01. The number of Topliss-reactive ketones (excluding diaryl/α,β-unsaturated/α-hetero) is 1. The highest BCUT2D eigenvalue weighted by Crippen LogP contribution is 2.30. The number of rotatable bonds is 7. The normalized spacial score (nSPS) is 10.6. The van der Waals surface area contributed by atoms with Crippen LogP contribution in [0.25, 0.3) is 11.5 Å². The molecule has 0 radical (unpaired) electrons. The molecule has 1 heterocycles. The Bertz CT molecular complexity index is 865. The third kappa shape index (κ3) is 4.41. The van der Waals surface area contributed by atoms with Crippen LogP contribution in [0.4, 0.5) is 0 Å². The molecule has 0 atom stereocenters. The van der Waals surface area contributed by atoms with E-state index in [2.05, 4.69) is 10.2 Å². The van der Waals surface area contributed by atoms with Gasteiger partial charge in [-0.2, -0.15) is 0 Å². The standard InChI is InChI=1S/C18H15ClN2O3S/c1-2-23-16-6-4-3-5-14(16)17-20-21-18(24-17)25-11-15(22)12-7-9-13(19)10-8-12/h3-10H,2,11H2,1H3. The molecule has 3 rings (SSSR count). The summed E-state index contributed by atoms with van der Waals surface area (Å²) in [7, 11) is 0. The Hall–Kier alpha value is -2.31. The molecule has 0 aliphatic carbocycles. The van der Waals surface area contributed by atoms with Crippen LogP contribution in [0.15, 0.2) is 58.2 Å². The molecule has 0 N–H and O–H groups in total. The van der Waals surface area contributed by atoms with Crippen LogP contribution >= 0.6 is 23.4 Å². The van der Waals surface area contributed by atoms with Crippen molar-refractivity contribution >= 4 is 29.1 Å². The van der Waals surface area contributed by atoms with Crippen molar-refractivity contribution in [3.05, 3.63) is 59.1 Å². The van der Waals surface area contributed by atoms with Crippen LogP contribution < -0.4 is 4.74 Å². The number of para-hydroxylation sites is 1. The van der Waals surface area contributed by atoms with E-state index in [9.17, 15) is 4.79 Å². The molecule has 128 valence electrons. The summed E-state index contributed by atoms with van der Waals surface area (Å²) in [6.07, 6.45) is 0. The third-order valence-corrected chi connectivity index (χ3v) is 4.39. The maximum absolute atomic E-state index is 12.2. The first kappa shape index (κ1) is 17.5. The van der Waals surface area contributed by atoms with Crippen LogP contribution in [-0.4, -0.2) is 28.3 Å². The van der Waals surface area contributed by atoms with Gasteiger partial charge in [0, 0.05) is 10.6 Å². The molecule has 2 aromatic carbocycles. The Morgan fingerprint density at radius 3 is 2.68 bits per heavy atom. The van der Waals surface area contributed by atoms with E-state index in [1.807, 2.05) is 31.2 Å². The van der Waals surface area contributed by atoms with Gasteiger partial charge in [-0.25, -0.2) is 0 Å². The molecular weight excluding hydrogens is 360 g/mol. The summed E-state index contributed by atoms with van der Waals surface area (Å²) in [6.45, 7) is 2.45. The molecule has 25 heavy (non-hydrogen) atoms. The van der Waals surface area contributed by atoms with Crippen LogP contribution in [0.2, 0.25) is 5.02 Å². The van der Waals surface area contributed by atoms with Gasteiger partial charge in [0.25, 0.3) is 11.1 Å². The topological polar surface area (TPSA) is 65.2 Å². The van der Waals surface area contributed by atoms with Gasteiger partial charge in [0.05, 0.1) is 17.9 Å². The highest BCUT2D eigenvalue weighted by molar-refractivity contribution is 7.99. The van der Waals surface area contributed by atoms with Crippen molar-refractivity contribution in [2.24, 2.45) is 0 Å². The second-order valence-electron chi connectivity index (χ2n) is 5.02. The zero-order chi connectivity index (χ0) is 17.6. The van der Waals surface area contributed by atoms with Crippen LogP contribution in [0.5, 0.6) is 5.75 Å². The van der Waals surface area contributed by atoms with Crippen molar-refractivity contribution < 1.29 is 13.9 Å². The molecule has 3 aromatic rings. The van der Waals surface area contributed by atoms with Crippen molar-refractivity contribution in [1.82, 2.24) is 10.2 Å². The molecule has 5 nitrogen and oxygen atoms in total. The number of hydrogen-bond acceptors (Lipinski definition) is 6. The number of carbonyl (C=O) groups is 1. The lowest BCUT2D eigenvalue weighted by Gasteiger charge is -2.06. The molecule has 0 aliphatic heterocycles. The van der Waals surface area contributed by atoms with Crippen molar-refractivity contribution in [2.75, 3.05) is 12.4 Å². The molecule has 0 saturated carbocycles. The predicted octanol–water partition coefficient (Wildman–Crippen LogP) is 4.76. The first-order valence-corrected chi connectivity index (χ1v) is 9.01. The van der Waals surface area contributed by atoms with E-state index in [-0.39, 0.29) is 11.5 Å². The summed E-state index contributed by atoms with van der Waals surface area (Å²) >= 11 is 7.02. The maximum Gasteiger partial charge on any atom is 0.277 e. The molecule has 0 unspecified atom stereocenters. The number of halogens is 1. The SMILES string of the molecule is CCOc1ccccc1-c1nnc(SCC(=O)c2ccc(Cl)cc2)o1. The lowest BCUT2D eigenvalue weighted by atomic mass is 10.1. The van der Waals surface area contributed by atoms with E-state index >= 15 is 0 Å². The number of carbonyl (C=O) groups excluding carboxylic acids is 1. The minimum Gasteiger partial charge on any atom is -0.493 e. The zero-order valence-electron chi connectivity index (χ0n) is 13.4. The monoisotopic (exact) mass is 374 g/mol. The van der Waals surface area contributed by atoms with Gasteiger partial charge < -0.3 is 9.15 Å². The van der Waals surface area contributed by atoms with Crippen LogP contribution in [0, 0.1) is 0 Å². The largest absolute Gasteiger partial charge is 0.493 e. The van der Waals surface area contributed by atoms with E-state index in [1.54, 1.807) is 24.3 Å². The van der Waals surface area contributed by atoms with Crippen molar-refractivity contribution in [1.29, 1.82) is 0 Å². The van der Waals surface area contributed by atoms with Gasteiger partial charge in [0.15, 0.2) is 5.78 Å². The van der Waals surface area contributed by atoms with Gasteiger partial charge in [-0.15, -0.1) is 10.2 Å². The fraction of sp³-hybridized carbons (Fsp3) is 0.167. The van der Waals surface area contributed by atoms with Crippen LogP contribution in [-0.2, 0) is 0 Å². The predicted molar refractivity (Wildman–Crippen MR) is 97.4 cm³/mol. The molecule has 0 spiro atoms. The van der Waals surface area contributed by atoms with Crippen molar-refractivity contribution in [2.45, 2.75) is 12.1 Å². The van der Waals surface area contributed by atoms with Crippen molar-refractivity contribution in [3.8, 4) is 17.2 Å². The third-order valence-electron chi connectivity index (χ3n) is 3.32. The van der Waals surface area contributed by atoms with E-state index in [1.165, 1.54) is 11.8 Å². The Labute approximate surface area is 154 Å². The van der Waals surface area contributed by atoms with Gasteiger partial charge in [-0.3, -0.25) is 4.79 Å². The summed E-state index contributed by atoms with van der Waals surface area (Å²) in [5.74, 6) is 1.22. The van der Waals surface area contributed by atoms with Crippen molar-refractivity contribution in [3.63, 3.8) is 0 Å². The fourth-order valence-corrected chi connectivity index (χ4v) is 2.93. The Balaban J connectivity index is 1.68. The molecule has 0 aliphatic rings. The molecule has 0 saturated heterocycles. The minimum atomic E-state index is -0.0314. The summed E-state index contributed by atoms with van der Waals surface area (Å²) in [5.41, 5.74) is 1.33. The average Bonchev–Trinajstić information content (AvgIpc) is 3.10. The maximum atomic E-state index is 12.2. The highest BCUT2D eigenvalue weighted by atomic mass is 35.5. The number of ketones is 1. The lowest BCUT2D eigenvalue weighted by molar-refractivity contribution is 0.102. The Kier molecular flexibility index (Phi) is 5.73. The minimum absolute atomic E-state index is 0.0314. The van der Waals surface area contributed by atoms with E-state index < -0.39 is 0 Å². The molecular formula is C18H15ClN2O3S. The van der Waals surface area contributed by atoms with Gasteiger partial charge in [-0.05, 0) is 43.3 Å². The summed E-state index contributed by atoms with van der Waals surface area (Å²) in [5, 5.41) is 8.97. The second kappa shape index (κ2) is 8.18. The molecule has 0 bridgehead atoms. The number of ether oxygens (including phenoxy) is 1. The number of aromatic nitrogens is 2. The molecule has 1 aromatic heterocycles. The summed E-state index contributed by atoms with van der Waals surface area (Å²) < 4.78 is 11.2. The zero-order valence-corrected chi connectivity index (χ0v) is 15.0. The molecule has 0 fully saturated rings. The van der Waals surface area contributed by atoms with Crippen LogP contribution in [0.3, 0.4) is 0 Å². The van der Waals surface area contributed by atoms with Gasteiger partial charge in [0.1, 0.15) is 5.75 Å². The Morgan fingerprint density at radius 1 is 1.16 bits per heavy atom. The van der Waals surface area contributed by atoms with E-state index in [0.29, 0.717) is 34.1 Å². The van der Waals surface area contributed by atoms with Gasteiger partial charge >= 0.3 is 0 Å². The van der Waals surface area contributed by atoms with E-state index in [4.69, 9.17) is 20.8 Å². The summed E-state index contributed by atoms with van der Waals surface area (Å²) in [6, 6.07) is 14.2. The Morgan fingerprint density at radius 2 is 1.92 bits per heavy atom. The second-order valence-corrected chi connectivity index (χ2v) is 6.38. The first-order chi connectivity index (χ1) is 12.2. The van der Waals surface area contributed by atoms with Gasteiger partial charge in [0.2, 0.25) is 0 Å². The van der Waals surface area contributed by atoms with Gasteiger partial charge in [-0.1, -0.05) is 35.5 Å². The average molecular weight is 375 g/mol. The number of benzene rings is 2. The fourth-order valence-electron chi connectivity index (χ4n) is 2.15. The first-order valence-electron chi connectivity index (χ1n) is 7.64. The smallest absolute Gasteiger partial charge is 0.277 e.